The van der Waals surface area contributed by atoms with E-state index in [4.69, 9.17) is 9.47 Å². The van der Waals surface area contributed by atoms with Gasteiger partial charge >= 0.3 is 0 Å². The lowest BCUT2D eigenvalue weighted by Crippen LogP contribution is -2.07. The molecule has 0 radical (unpaired) electrons. The van der Waals surface area contributed by atoms with Crippen molar-refractivity contribution in [2.45, 2.75) is 51.7 Å². The second-order valence-electron chi connectivity index (χ2n) is 4.62. The van der Waals surface area contributed by atoms with Crippen molar-refractivity contribution in [2.24, 2.45) is 0 Å². The highest BCUT2D eigenvalue weighted by atomic mass is 16.7. The molecular weight excluding hydrogens is 224 g/mol. The van der Waals surface area contributed by atoms with Gasteiger partial charge in [0.1, 0.15) is 0 Å². The average Bonchev–Trinajstić information content (AvgIpc) is 2.43. The Morgan fingerprint density at radius 3 is 2.28 bits per heavy atom. The predicted molar refractivity (Wildman–Crippen MR) is 75.5 cm³/mol. The van der Waals surface area contributed by atoms with Crippen molar-refractivity contribution in [3.8, 4) is 0 Å². The van der Waals surface area contributed by atoms with Crippen LogP contribution < -0.4 is 0 Å². The topological polar surface area (TPSA) is 18.5 Å². The SMILES string of the molecule is CCCCCCCCOC(OC)c1ccccc1. The Balaban J connectivity index is 2.13. The number of unbranched alkanes of at least 4 members (excludes halogenated alkanes) is 5. The van der Waals surface area contributed by atoms with Crippen LogP contribution in [-0.4, -0.2) is 13.7 Å². The smallest absolute Gasteiger partial charge is 0.183 e. The molecule has 0 N–H and O–H groups in total. The highest BCUT2D eigenvalue weighted by Gasteiger charge is 2.09. The summed E-state index contributed by atoms with van der Waals surface area (Å²) in [7, 11) is 1.69. The van der Waals surface area contributed by atoms with Gasteiger partial charge in [0.05, 0.1) is 6.61 Å². The fraction of sp³-hybridized carbons (Fsp3) is 0.625. The Hall–Kier alpha value is -0.860. The van der Waals surface area contributed by atoms with Gasteiger partial charge in [-0.25, -0.2) is 0 Å². The highest BCUT2D eigenvalue weighted by molar-refractivity contribution is 5.15. The van der Waals surface area contributed by atoms with Crippen LogP contribution in [0.4, 0.5) is 0 Å². The third kappa shape index (κ3) is 6.18. The molecule has 1 atom stereocenters. The van der Waals surface area contributed by atoms with Gasteiger partial charge in [-0.3, -0.25) is 0 Å². The van der Waals surface area contributed by atoms with Gasteiger partial charge in [-0.05, 0) is 6.42 Å². The second-order valence-corrected chi connectivity index (χ2v) is 4.62. The first-order valence-electron chi connectivity index (χ1n) is 7.07. The molecule has 0 aliphatic carbocycles. The van der Waals surface area contributed by atoms with Gasteiger partial charge in [0.25, 0.3) is 0 Å². The van der Waals surface area contributed by atoms with E-state index >= 15 is 0 Å². The van der Waals surface area contributed by atoms with E-state index in [-0.39, 0.29) is 6.29 Å². The zero-order valence-electron chi connectivity index (χ0n) is 11.7. The van der Waals surface area contributed by atoms with Crippen LogP contribution in [0.1, 0.15) is 57.3 Å². The van der Waals surface area contributed by atoms with Crippen molar-refractivity contribution in [1.82, 2.24) is 0 Å². The Morgan fingerprint density at radius 1 is 0.944 bits per heavy atom. The number of ether oxygens (including phenoxy) is 2. The first-order chi connectivity index (χ1) is 8.88. The third-order valence-corrected chi connectivity index (χ3v) is 3.05. The van der Waals surface area contributed by atoms with Crippen molar-refractivity contribution < 1.29 is 9.47 Å². The maximum atomic E-state index is 5.76. The number of methoxy groups -OCH3 is 1. The molecule has 2 heteroatoms. The molecule has 1 rings (SSSR count). The van der Waals surface area contributed by atoms with Gasteiger partial charge < -0.3 is 9.47 Å². The average molecular weight is 250 g/mol. The number of hydrogen-bond donors (Lipinski definition) is 0. The lowest BCUT2D eigenvalue weighted by atomic mass is 10.1. The monoisotopic (exact) mass is 250 g/mol. The van der Waals surface area contributed by atoms with Crippen molar-refractivity contribution >= 4 is 0 Å². The van der Waals surface area contributed by atoms with E-state index in [1.165, 1.54) is 32.1 Å². The molecule has 0 bridgehead atoms. The summed E-state index contributed by atoms with van der Waals surface area (Å²) in [6, 6.07) is 10.1. The molecule has 1 aromatic rings. The van der Waals surface area contributed by atoms with E-state index in [0.29, 0.717) is 0 Å². The number of rotatable bonds is 10. The molecule has 18 heavy (non-hydrogen) atoms. The molecule has 2 nitrogen and oxygen atoms in total. The maximum Gasteiger partial charge on any atom is 0.183 e. The third-order valence-electron chi connectivity index (χ3n) is 3.05. The van der Waals surface area contributed by atoms with Crippen LogP contribution in [0.15, 0.2) is 30.3 Å². The van der Waals surface area contributed by atoms with Crippen molar-refractivity contribution in [3.63, 3.8) is 0 Å². The molecule has 0 saturated heterocycles. The molecule has 0 spiro atoms. The van der Waals surface area contributed by atoms with Gasteiger partial charge in [-0.2, -0.15) is 0 Å². The minimum absolute atomic E-state index is 0.221. The fourth-order valence-electron chi connectivity index (χ4n) is 1.98. The summed E-state index contributed by atoms with van der Waals surface area (Å²) in [5.41, 5.74) is 1.09. The van der Waals surface area contributed by atoms with Crippen LogP contribution in [0.25, 0.3) is 0 Å². The normalized spacial score (nSPS) is 12.6. The molecular formula is C16H26O2. The molecule has 0 fully saturated rings. The van der Waals surface area contributed by atoms with Gasteiger partial charge in [0, 0.05) is 12.7 Å². The lowest BCUT2D eigenvalue weighted by molar-refractivity contribution is -0.128. The van der Waals surface area contributed by atoms with Crippen molar-refractivity contribution in [2.75, 3.05) is 13.7 Å². The minimum Gasteiger partial charge on any atom is -0.352 e. The lowest BCUT2D eigenvalue weighted by Gasteiger charge is -2.16. The van der Waals surface area contributed by atoms with Crippen LogP contribution in [0, 0.1) is 0 Å². The highest BCUT2D eigenvalue weighted by Crippen LogP contribution is 2.18. The van der Waals surface area contributed by atoms with Crippen LogP contribution in [0.5, 0.6) is 0 Å². The zero-order valence-corrected chi connectivity index (χ0v) is 11.7. The van der Waals surface area contributed by atoms with Gasteiger partial charge in [0.15, 0.2) is 6.29 Å². The largest absolute Gasteiger partial charge is 0.352 e. The number of benzene rings is 1. The molecule has 102 valence electrons. The molecule has 1 unspecified atom stereocenters. The van der Waals surface area contributed by atoms with Gasteiger partial charge in [0.2, 0.25) is 0 Å². The first kappa shape index (κ1) is 15.2. The Morgan fingerprint density at radius 2 is 1.61 bits per heavy atom. The standard InChI is InChI=1S/C16H26O2/c1-3-4-5-6-7-11-14-18-16(17-2)15-12-9-8-10-13-15/h8-10,12-13,16H,3-7,11,14H2,1-2H3. The fourth-order valence-corrected chi connectivity index (χ4v) is 1.98. The first-order valence-corrected chi connectivity index (χ1v) is 7.07. The Labute approximate surface area is 111 Å². The van der Waals surface area contributed by atoms with E-state index in [1.807, 2.05) is 30.3 Å². The zero-order chi connectivity index (χ0) is 13.1. The van der Waals surface area contributed by atoms with Crippen molar-refractivity contribution in [3.05, 3.63) is 35.9 Å². The van der Waals surface area contributed by atoms with E-state index in [0.717, 1.165) is 18.6 Å². The summed E-state index contributed by atoms with van der Waals surface area (Å²) in [5.74, 6) is 0. The summed E-state index contributed by atoms with van der Waals surface area (Å²) >= 11 is 0. The molecule has 0 aromatic heterocycles. The summed E-state index contributed by atoms with van der Waals surface area (Å²) in [4.78, 5) is 0. The molecule has 1 aromatic carbocycles. The summed E-state index contributed by atoms with van der Waals surface area (Å²) in [5, 5.41) is 0. The van der Waals surface area contributed by atoms with Crippen LogP contribution >= 0.6 is 0 Å². The van der Waals surface area contributed by atoms with E-state index < -0.39 is 0 Å². The van der Waals surface area contributed by atoms with Gasteiger partial charge in [-0.15, -0.1) is 0 Å². The van der Waals surface area contributed by atoms with Crippen LogP contribution in [-0.2, 0) is 9.47 Å². The quantitative estimate of drug-likeness (QED) is 0.442. The molecule has 0 saturated carbocycles. The van der Waals surface area contributed by atoms with Crippen LogP contribution in [0.3, 0.4) is 0 Å². The molecule has 0 aliphatic rings. The summed E-state index contributed by atoms with van der Waals surface area (Å²) in [6.45, 7) is 3.02. The minimum atomic E-state index is -0.221. The Bertz CT molecular complexity index is 284. The molecule has 0 heterocycles. The Kier molecular flexibility index (Phi) is 8.53. The van der Waals surface area contributed by atoms with E-state index in [1.54, 1.807) is 7.11 Å². The number of hydrogen-bond acceptors (Lipinski definition) is 2. The predicted octanol–water partition coefficient (Wildman–Crippen LogP) is 4.71. The van der Waals surface area contributed by atoms with Crippen molar-refractivity contribution in [1.29, 1.82) is 0 Å². The molecule has 0 amide bonds. The summed E-state index contributed by atoms with van der Waals surface area (Å²) < 4.78 is 11.1. The van der Waals surface area contributed by atoms with Crippen LogP contribution in [0.2, 0.25) is 0 Å². The second kappa shape index (κ2) is 10.1. The van der Waals surface area contributed by atoms with E-state index in [9.17, 15) is 0 Å². The summed E-state index contributed by atoms with van der Waals surface area (Å²) in [6.07, 6.45) is 7.48. The maximum absolute atomic E-state index is 5.76. The molecule has 0 aliphatic heterocycles. The van der Waals surface area contributed by atoms with Gasteiger partial charge in [-0.1, -0.05) is 69.4 Å². The van der Waals surface area contributed by atoms with E-state index in [2.05, 4.69) is 6.92 Å².